The molecule has 100 valence electrons. The fourth-order valence-corrected chi connectivity index (χ4v) is 1.81. The normalized spacial score (nSPS) is 9.85. The highest BCUT2D eigenvalue weighted by Crippen LogP contribution is 2.25. The van der Waals surface area contributed by atoms with Gasteiger partial charge in [-0.15, -0.1) is 0 Å². The lowest BCUT2D eigenvalue weighted by Crippen LogP contribution is -2.12. The lowest BCUT2D eigenvalue weighted by atomic mass is 10.1. The molecule has 0 aliphatic carbocycles. The molecule has 0 fully saturated rings. The van der Waals surface area contributed by atoms with E-state index < -0.39 is 5.82 Å². The summed E-state index contributed by atoms with van der Waals surface area (Å²) in [5.74, 6) is -0.535. The Hall–Kier alpha value is -2.38. The average molecular weight is 290 g/mol. The van der Waals surface area contributed by atoms with Crippen LogP contribution in [0.25, 0.3) is 0 Å². The Morgan fingerprint density at radius 3 is 2.75 bits per heavy atom. The van der Waals surface area contributed by atoms with E-state index in [9.17, 15) is 9.18 Å². The summed E-state index contributed by atoms with van der Waals surface area (Å²) in [4.78, 5) is 11.8. The van der Waals surface area contributed by atoms with E-state index in [2.05, 4.69) is 0 Å². The molecular weight excluding hydrogens is 281 g/mol. The van der Waals surface area contributed by atoms with Crippen molar-refractivity contribution in [2.24, 2.45) is 0 Å². The van der Waals surface area contributed by atoms with Gasteiger partial charge in [0.15, 0.2) is 12.4 Å². The lowest BCUT2D eigenvalue weighted by molar-refractivity contribution is 0.0921. The molecule has 3 nitrogen and oxygen atoms in total. The van der Waals surface area contributed by atoms with Gasteiger partial charge in [0, 0.05) is 5.56 Å². The molecule has 0 atom stereocenters. The van der Waals surface area contributed by atoms with Crippen molar-refractivity contribution < 1.29 is 13.9 Å². The van der Waals surface area contributed by atoms with E-state index in [1.807, 2.05) is 6.07 Å². The third-order valence-electron chi connectivity index (χ3n) is 2.57. The topological polar surface area (TPSA) is 50.1 Å². The van der Waals surface area contributed by atoms with E-state index in [1.165, 1.54) is 36.4 Å². The standard InChI is InChI=1S/C15H9ClFNO2/c16-13-6-10(8-18)4-5-15(13)20-9-14(19)11-2-1-3-12(17)7-11/h1-7H,9H2. The fourth-order valence-electron chi connectivity index (χ4n) is 1.58. The molecule has 0 N–H and O–H groups in total. The van der Waals surface area contributed by atoms with Crippen molar-refractivity contribution in [3.8, 4) is 11.8 Å². The van der Waals surface area contributed by atoms with Crippen molar-refractivity contribution in [2.45, 2.75) is 0 Å². The number of ether oxygens (including phenoxy) is 1. The number of carbonyl (C=O) groups is 1. The van der Waals surface area contributed by atoms with Crippen LogP contribution >= 0.6 is 11.6 Å². The van der Waals surface area contributed by atoms with Gasteiger partial charge in [-0.25, -0.2) is 4.39 Å². The first-order chi connectivity index (χ1) is 9.60. The Kier molecular flexibility index (Phi) is 4.34. The largest absolute Gasteiger partial charge is 0.484 e. The summed E-state index contributed by atoms with van der Waals surface area (Å²) in [5, 5.41) is 8.95. The van der Waals surface area contributed by atoms with Crippen molar-refractivity contribution in [1.29, 1.82) is 5.26 Å². The smallest absolute Gasteiger partial charge is 0.200 e. The van der Waals surface area contributed by atoms with Crippen molar-refractivity contribution in [1.82, 2.24) is 0 Å². The molecule has 0 aliphatic rings. The number of benzene rings is 2. The molecule has 0 aliphatic heterocycles. The Morgan fingerprint density at radius 1 is 1.30 bits per heavy atom. The first kappa shape index (κ1) is 14.0. The first-order valence-electron chi connectivity index (χ1n) is 5.71. The van der Waals surface area contributed by atoms with Gasteiger partial charge in [-0.2, -0.15) is 5.26 Å². The number of halogens is 2. The van der Waals surface area contributed by atoms with E-state index in [0.717, 1.165) is 6.07 Å². The molecule has 2 aromatic carbocycles. The van der Waals surface area contributed by atoms with Gasteiger partial charge in [-0.3, -0.25) is 4.79 Å². The summed E-state index contributed by atoms with van der Waals surface area (Å²) < 4.78 is 18.3. The molecule has 0 bridgehead atoms. The quantitative estimate of drug-likeness (QED) is 0.808. The Balaban J connectivity index is 2.06. The second kappa shape index (κ2) is 6.18. The van der Waals surface area contributed by atoms with Crippen molar-refractivity contribution in [2.75, 3.05) is 6.61 Å². The zero-order chi connectivity index (χ0) is 14.5. The van der Waals surface area contributed by atoms with E-state index >= 15 is 0 Å². The van der Waals surface area contributed by atoms with Crippen LogP contribution in [0.1, 0.15) is 15.9 Å². The summed E-state index contributed by atoms with van der Waals surface area (Å²) in [6.07, 6.45) is 0. The maximum atomic E-state index is 13.0. The molecular formula is C15H9ClFNO2. The number of hydrogen-bond acceptors (Lipinski definition) is 3. The second-order valence-electron chi connectivity index (χ2n) is 3.98. The molecule has 0 saturated heterocycles. The van der Waals surface area contributed by atoms with Crippen LogP contribution in [0.4, 0.5) is 4.39 Å². The molecule has 0 saturated carbocycles. The summed E-state index contributed by atoms with van der Waals surface area (Å²) >= 11 is 5.92. The van der Waals surface area contributed by atoms with Gasteiger partial charge in [-0.05, 0) is 30.3 Å². The molecule has 0 unspecified atom stereocenters. The molecule has 20 heavy (non-hydrogen) atoms. The van der Waals surface area contributed by atoms with Gasteiger partial charge in [-0.1, -0.05) is 23.7 Å². The van der Waals surface area contributed by atoms with Crippen LogP contribution in [0, 0.1) is 17.1 Å². The predicted molar refractivity (Wildman–Crippen MR) is 72.4 cm³/mol. The highest BCUT2D eigenvalue weighted by molar-refractivity contribution is 6.32. The minimum absolute atomic E-state index is 0.231. The number of rotatable bonds is 4. The van der Waals surface area contributed by atoms with Gasteiger partial charge < -0.3 is 4.74 Å². The molecule has 2 aromatic rings. The molecule has 0 spiro atoms. The monoisotopic (exact) mass is 289 g/mol. The minimum atomic E-state index is -0.479. The maximum Gasteiger partial charge on any atom is 0.200 e. The summed E-state index contributed by atoms with van der Waals surface area (Å²) in [6, 6.07) is 11.8. The zero-order valence-corrected chi connectivity index (χ0v) is 11.0. The average Bonchev–Trinajstić information content (AvgIpc) is 2.45. The Morgan fingerprint density at radius 2 is 2.10 bits per heavy atom. The second-order valence-corrected chi connectivity index (χ2v) is 4.39. The Labute approximate surface area is 120 Å². The van der Waals surface area contributed by atoms with Crippen LogP contribution < -0.4 is 4.74 Å². The van der Waals surface area contributed by atoms with Crippen LogP contribution in [0.2, 0.25) is 5.02 Å². The third-order valence-corrected chi connectivity index (χ3v) is 2.86. The minimum Gasteiger partial charge on any atom is -0.484 e. The van der Waals surface area contributed by atoms with Gasteiger partial charge >= 0.3 is 0 Å². The van der Waals surface area contributed by atoms with E-state index in [0.29, 0.717) is 11.3 Å². The van der Waals surface area contributed by atoms with Crippen molar-refractivity contribution in [3.05, 3.63) is 64.4 Å². The lowest BCUT2D eigenvalue weighted by Gasteiger charge is -2.07. The number of ketones is 1. The van der Waals surface area contributed by atoms with Crippen LogP contribution in [0.15, 0.2) is 42.5 Å². The van der Waals surface area contributed by atoms with Crippen LogP contribution in [0.3, 0.4) is 0 Å². The highest BCUT2D eigenvalue weighted by atomic mass is 35.5. The number of nitriles is 1. The molecule has 0 radical (unpaired) electrons. The molecule has 0 heterocycles. The number of hydrogen-bond donors (Lipinski definition) is 0. The third kappa shape index (κ3) is 3.34. The van der Waals surface area contributed by atoms with Gasteiger partial charge in [0.25, 0.3) is 0 Å². The van der Waals surface area contributed by atoms with Gasteiger partial charge in [0.1, 0.15) is 11.6 Å². The molecule has 5 heteroatoms. The Bertz CT molecular complexity index is 695. The number of Topliss-reactive ketones (excluding diaryl/α,β-unsaturated/α-hetero) is 1. The summed E-state index contributed by atoms with van der Waals surface area (Å²) in [6.45, 7) is -0.255. The van der Waals surface area contributed by atoms with Crippen molar-refractivity contribution in [3.63, 3.8) is 0 Å². The van der Waals surface area contributed by atoms with E-state index in [-0.39, 0.29) is 23.0 Å². The van der Waals surface area contributed by atoms with Gasteiger partial charge in [0.05, 0.1) is 16.7 Å². The summed E-state index contributed by atoms with van der Waals surface area (Å²) in [7, 11) is 0. The van der Waals surface area contributed by atoms with E-state index in [4.69, 9.17) is 21.6 Å². The summed E-state index contributed by atoms with van der Waals surface area (Å²) in [5.41, 5.74) is 0.633. The van der Waals surface area contributed by atoms with Crippen LogP contribution in [-0.4, -0.2) is 12.4 Å². The van der Waals surface area contributed by atoms with E-state index in [1.54, 1.807) is 0 Å². The first-order valence-corrected chi connectivity index (χ1v) is 6.09. The number of carbonyl (C=O) groups excluding carboxylic acids is 1. The molecule has 2 rings (SSSR count). The molecule has 0 aromatic heterocycles. The number of nitrogens with zero attached hydrogens (tertiary/aromatic N) is 1. The highest BCUT2D eigenvalue weighted by Gasteiger charge is 2.09. The maximum absolute atomic E-state index is 13.0. The van der Waals surface area contributed by atoms with Gasteiger partial charge in [0.2, 0.25) is 0 Å². The van der Waals surface area contributed by atoms with Crippen LogP contribution in [-0.2, 0) is 0 Å². The zero-order valence-electron chi connectivity index (χ0n) is 10.3. The fraction of sp³-hybridized carbons (Fsp3) is 0.0667. The molecule has 0 amide bonds. The van der Waals surface area contributed by atoms with Crippen LogP contribution in [0.5, 0.6) is 5.75 Å². The SMILES string of the molecule is N#Cc1ccc(OCC(=O)c2cccc(F)c2)c(Cl)c1. The van der Waals surface area contributed by atoms with Crippen molar-refractivity contribution >= 4 is 17.4 Å². The predicted octanol–water partition coefficient (Wildman–Crippen LogP) is 3.61.